The van der Waals surface area contributed by atoms with Crippen LogP contribution in [0.25, 0.3) is 0 Å². The minimum Gasteiger partial charge on any atom is -0.503 e. The second-order valence-corrected chi connectivity index (χ2v) is 9.21. The molecule has 1 fully saturated rings. The van der Waals surface area contributed by atoms with Crippen molar-refractivity contribution in [3.8, 4) is 0 Å². The van der Waals surface area contributed by atoms with E-state index in [4.69, 9.17) is 27.9 Å². The summed E-state index contributed by atoms with van der Waals surface area (Å²) in [7, 11) is 0. The van der Waals surface area contributed by atoms with Gasteiger partial charge >= 0.3 is 0 Å². The van der Waals surface area contributed by atoms with E-state index in [-0.39, 0.29) is 11.4 Å². The van der Waals surface area contributed by atoms with Crippen molar-refractivity contribution >= 4 is 46.2 Å². The van der Waals surface area contributed by atoms with Crippen molar-refractivity contribution in [3.63, 3.8) is 0 Å². The summed E-state index contributed by atoms with van der Waals surface area (Å²) in [6.45, 7) is 4.32. The molecule has 164 valence electrons. The van der Waals surface area contributed by atoms with Crippen molar-refractivity contribution in [1.29, 1.82) is 0 Å². The first-order valence-electron chi connectivity index (χ1n) is 10.0. The molecule has 0 bridgehead atoms. The van der Waals surface area contributed by atoms with Gasteiger partial charge in [-0.1, -0.05) is 35.3 Å². The Hall–Kier alpha value is -1.90. The lowest BCUT2D eigenvalue weighted by Crippen LogP contribution is -2.39. The lowest BCUT2D eigenvalue weighted by molar-refractivity contribution is -0.129. The molecule has 0 radical (unpaired) electrons. The molecule has 1 aromatic carbocycles. The summed E-state index contributed by atoms with van der Waals surface area (Å²) >= 11 is 13.6. The maximum Gasteiger partial charge on any atom is 0.290 e. The van der Waals surface area contributed by atoms with Crippen molar-refractivity contribution in [2.75, 3.05) is 39.4 Å². The fourth-order valence-electron chi connectivity index (χ4n) is 3.98. The normalized spacial score (nSPS) is 20.0. The summed E-state index contributed by atoms with van der Waals surface area (Å²) in [5, 5.41) is 13.2. The maximum absolute atomic E-state index is 13.2. The van der Waals surface area contributed by atoms with Crippen molar-refractivity contribution in [2.24, 2.45) is 0 Å². The predicted molar refractivity (Wildman–Crippen MR) is 121 cm³/mol. The largest absolute Gasteiger partial charge is 0.503 e. The molecule has 3 heterocycles. The van der Waals surface area contributed by atoms with Gasteiger partial charge in [-0.2, -0.15) is 0 Å². The zero-order valence-corrected chi connectivity index (χ0v) is 19.1. The number of ether oxygens (including phenoxy) is 1. The Labute approximate surface area is 194 Å². The lowest BCUT2D eigenvalue weighted by atomic mass is 9.95. The van der Waals surface area contributed by atoms with E-state index < -0.39 is 17.7 Å². The number of rotatable bonds is 7. The van der Waals surface area contributed by atoms with Gasteiger partial charge in [-0.05, 0) is 35.6 Å². The van der Waals surface area contributed by atoms with Gasteiger partial charge in [0.15, 0.2) is 5.76 Å². The van der Waals surface area contributed by atoms with Crippen LogP contribution in [0.5, 0.6) is 0 Å². The summed E-state index contributed by atoms with van der Waals surface area (Å²) in [5.41, 5.74) is 0.718. The second-order valence-electron chi connectivity index (χ2n) is 7.45. The van der Waals surface area contributed by atoms with Gasteiger partial charge in [0.05, 0.1) is 39.8 Å². The number of ketones is 1. The topological polar surface area (TPSA) is 70.1 Å². The van der Waals surface area contributed by atoms with Gasteiger partial charge in [-0.3, -0.25) is 14.5 Å². The SMILES string of the molecule is O=C(C1=C(O)C(=O)N(CCCN2CCOCC2)C1c1ccc(Cl)c(Cl)c1)c1cccs1. The van der Waals surface area contributed by atoms with Crippen LogP contribution in [0.3, 0.4) is 0 Å². The van der Waals surface area contributed by atoms with Gasteiger partial charge < -0.3 is 14.7 Å². The highest BCUT2D eigenvalue weighted by Crippen LogP contribution is 2.41. The Morgan fingerprint density at radius 1 is 1.16 bits per heavy atom. The number of carbonyl (C=O) groups is 2. The third-order valence-electron chi connectivity index (χ3n) is 5.53. The minimum atomic E-state index is -0.721. The Morgan fingerprint density at radius 3 is 2.61 bits per heavy atom. The first-order chi connectivity index (χ1) is 15.0. The number of aliphatic hydroxyl groups excluding tert-OH is 1. The highest BCUT2D eigenvalue weighted by Gasteiger charge is 2.43. The lowest BCUT2D eigenvalue weighted by Gasteiger charge is -2.30. The van der Waals surface area contributed by atoms with Gasteiger partial charge in [0.2, 0.25) is 5.78 Å². The van der Waals surface area contributed by atoms with Crippen LogP contribution in [0, 0.1) is 0 Å². The molecule has 0 saturated carbocycles. The van der Waals surface area contributed by atoms with Crippen LogP contribution in [0.4, 0.5) is 0 Å². The molecule has 1 saturated heterocycles. The third-order valence-corrected chi connectivity index (χ3v) is 7.14. The molecule has 0 spiro atoms. The predicted octanol–water partition coefficient (Wildman–Crippen LogP) is 4.36. The second kappa shape index (κ2) is 9.71. The van der Waals surface area contributed by atoms with E-state index in [9.17, 15) is 14.7 Å². The first kappa shape index (κ1) is 22.3. The van der Waals surface area contributed by atoms with Crippen LogP contribution in [-0.4, -0.2) is 66.0 Å². The number of Topliss-reactive ketones (excluding diaryl/α,β-unsaturated/α-hetero) is 1. The van der Waals surface area contributed by atoms with Crippen LogP contribution in [0.1, 0.15) is 27.7 Å². The van der Waals surface area contributed by atoms with E-state index in [1.165, 1.54) is 11.3 Å². The zero-order chi connectivity index (χ0) is 22.0. The van der Waals surface area contributed by atoms with E-state index in [0.29, 0.717) is 46.7 Å². The van der Waals surface area contributed by atoms with Crippen molar-refractivity contribution in [2.45, 2.75) is 12.5 Å². The first-order valence-corrected chi connectivity index (χ1v) is 11.7. The van der Waals surface area contributed by atoms with E-state index in [0.717, 1.165) is 19.6 Å². The fourth-order valence-corrected chi connectivity index (χ4v) is 4.96. The number of hydrogen-bond acceptors (Lipinski definition) is 6. The molecule has 2 aliphatic rings. The highest BCUT2D eigenvalue weighted by atomic mass is 35.5. The summed E-state index contributed by atoms with van der Waals surface area (Å²) in [5.74, 6) is -1.40. The van der Waals surface area contributed by atoms with Gasteiger partial charge in [-0.25, -0.2) is 0 Å². The molecule has 9 heteroatoms. The summed E-state index contributed by atoms with van der Waals surface area (Å²) < 4.78 is 5.38. The van der Waals surface area contributed by atoms with Crippen molar-refractivity contribution in [3.05, 3.63) is 67.5 Å². The molecule has 1 N–H and O–H groups in total. The number of hydrogen-bond donors (Lipinski definition) is 1. The Bertz CT molecular complexity index is 1000. The molecule has 2 aliphatic heterocycles. The average molecular weight is 481 g/mol. The van der Waals surface area contributed by atoms with Crippen LogP contribution >= 0.6 is 34.5 Å². The molecule has 6 nitrogen and oxygen atoms in total. The van der Waals surface area contributed by atoms with E-state index in [2.05, 4.69) is 4.90 Å². The monoisotopic (exact) mass is 480 g/mol. The van der Waals surface area contributed by atoms with Gasteiger partial charge in [0.25, 0.3) is 5.91 Å². The number of morpholine rings is 1. The Balaban J connectivity index is 1.62. The van der Waals surface area contributed by atoms with Crippen LogP contribution in [0.2, 0.25) is 10.0 Å². The van der Waals surface area contributed by atoms with Crippen molar-refractivity contribution in [1.82, 2.24) is 9.80 Å². The summed E-state index contributed by atoms with van der Waals surface area (Å²) in [6, 6.07) is 7.75. The molecular weight excluding hydrogens is 459 g/mol. The number of thiophene rings is 1. The minimum absolute atomic E-state index is 0.0808. The van der Waals surface area contributed by atoms with Crippen LogP contribution in [-0.2, 0) is 9.53 Å². The summed E-state index contributed by atoms with van der Waals surface area (Å²) in [6.07, 6.45) is 0.706. The smallest absolute Gasteiger partial charge is 0.290 e. The molecule has 0 aliphatic carbocycles. The third kappa shape index (κ3) is 4.66. The summed E-state index contributed by atoms with van der Waals surface area (Å²) in [4.78, 5) is 30.5. The highest BCUT2D eigenvalue weighted by molar-refractivity contribution is 7.12. The molecule has 1 atom stereocenters. The molecule has 31 heavy (non-hydrogen) atoms. The van der Waals surface area contributed by atoms with Crippen LogP contribution in [0.15, 0.2) is 47.0 Å². The number of amides is 1. The maximum atomic E-state index is 13.2. The Morgan fingerprint density at radius 2 is 1.94 bits per heavy atom. The molecule has 4 rings (SSSR count). The molecule has 1 aromatic heterocycles. The van der Waals surface area contributed by atoms with E-state index in [1.54, 1.807) is 40.6 Å². The number of halogens is 2. The number of aliphatic hydroxyl groups is 1. The van der Waals surface area contributed by atoms with Gasteiger partial charge in [0, 0.05) is 26.2 Å². The Kier molecular flexibility index (Phi) is 6.99. The standard InChI is InChI=1S/C22H22Cl2N2O4S/c23-15-5-4-14(13-16(15)24)19-18(20(27)17-3-1-12-31-17)21(28)22(29)26(19)7-2-6-25-8-10-30-11-9-25/h1,3-5,12-13,19,28H,2,6-11H2. The molecule has 1 unspecified atom stereocenters. The van der Waals surface area contributed by atoms with Crippen molar-refractivity contribution < 1.29 is 19.4 Å². The number of benzene rings is 1. The zero-order valence-electron chi connectivity index (χ0n) is 16.7. The van der Waals surface area contributed by atoms with Gasteiger partial charge in [0.1, 0.15) is 0 Å². The van der Waals surface area contributed by atoms with Gasteiger partial charge in [-0.15, -0.1) is 11.3 Å². The molecule has 2 aromatic rings. The van der Waals surface area contributed by atoms with Crippen LogP contribution < -0.4 is 0 Å². The number of nitrogens with zero attached hydrogens (tertiary/aromatic N) is 2. The average Bonchev–Trinajstić information content (AvgIpc) is 3.39. The van der Waals surface area contributed by atoms with E-state index in [1.807, 2.05) is 0 Å². The van der Waals surface area contributed by atoms with E-state index >= 15 is 0 Å². The fraction of sp³-hybridized carbons (Fsp3) is 0.364. The number of carbonyl (C=O) groups excluding carboxylic acids is 2. The quantitative estimate of drug-likeness (QED) is 0.596. The molecular formula is C22H22Cl2N2O4S. The molecule has 1 amide bonds.